The predicted molar refractivity (Wildman–Crippen MR) is 72.3 cm³/mol. The second kappa shape index (κ2) is 4.85. The van der Waals surface area contributed by atoms with Crippen LogP contribution in [0.15, 0.2) is 24.3 Å². The Morgan fingerprint density at radius 2 is 2.00 bits per heavy atom. The number of nitro groups is 1. The minimum Gasteiger partial charge on any atom is -0.318 e. The van der Waals surface area contributed by atoms with Gasteiger partial charge in [-0.05, 0) is 32.0 Å². The lowest BCUT2D eigenvalue weighted by Crippen LogP contribution is -2.00. The molecule has 0 saturated heterocycles. The van der Waals surface area contributed by atoms with Crippen LogP contribution in [-0.4, -0.2) is 15.8 Å². The summed E-state index contributed by atoms with van der Waals surface area (Å²) in [6, 6.07) is 6.25. The molecule has 6 heteroatoms. The number of nitro benzene ring substituents is 1. The normalized spacial score (nSPS) is 10.5. The van der Waals surface area contributed by atoms with Crippen LogP contribution >= 0.6 is 11.6 Å². The summed E-state index contributed by atoms with van der Waals surface area (Å²) in [4.78, 5) is 21.1. The first kappa shape index (κ1) is 13.3. The summed E-state index contributed by atoms with van der Waals surface area (Å²) in [7, 11) is 0. The third-order valence-electron chi connectivity index (χ3n) is 2.98. The molecule has 5 nitrogen and oxygen atoms in total. The van der Waals surface area contributed by atoms with Crippen molar-refractivity contribution in [3.63, 3.8) is 0 Å². The van der Waals surface area contributed by atoms with Gasteiger partial charge in [0.05, 0.1) is 4.92 Å². The van der Waals surface area contributed by atoms with Crippen LogP contribution in [-0.2, 0) is 0 Å². The number of aldehydes is 1. The highest BCUT2D eigenvalue weighted by molar-refractivity contribution is 6.32. The number of halogens is 1. The summed E-state index contributed by atoms with van der Waals surface area (Å²) < 4.78 is 1.83. The molecule has 2 rings (SSSR count). The topological polar surface area (TPSA) is 65.1 Å². The van der Waals surface area contributed by atoms with Gasteiger partial charge in [-0.1, -0.05) is 11.6 Å². The van der Waals surface area contributed by atoms with Gasteiger partial charge >= 0.3 is 0 Å². The highest BCUT2D eigenvalue weighted by Crippen LogP contribution is 2.28. The first-order valence-corrected chi connectivity index (χ1v) is 5.92. The third-order valence-corrected chi connectivity index (χ3v) is 3.29. The number of carbonyl (C=O) groups is 1. The van der Waals surface area contributed by atoms with E-state index in [0.29, 0.717) is 11.3 Å². The van der Waals surface area contributed by atoms with E-state index in [1.807, 2.05) is 18.4 Å². The molecule has 1 aromatic heterocycles. The van der Waals surface area contributed by atoms with Gasteiger partial charge in [0.1, 0.15) is 5.02 Å². The van der Waals surface area contributed by atoms with Crippen LogP contribution in [0.3, 0.4) is 0 Å². The zero-order valence-electron chi connectivity index (χ0n) is 10.4. The maximum absolute atomic E-state index is 10.9. The van der Waals surface area contributed by atoms with E-state index in [9.17, 15) is 14.9 Å². The van der Waals surface area contributed by atoms with E-state index in [4.69, 9.17) is 11.6 Å². The van der Waals surface area contributed by atoms with Crippen molar-refractivity contribution in [2.75, 3.05) is 0 Å². The molecular formula is C13H11ClN2O3. The molecule has 1 heterocycles. The molecule has 2 aromatic rings. The van der Waals surface area contributed by atoms with E-state index in [-0.39, 0.29) is 10.7 Å². The number of rotatable bonds is 3. The van der Waals surface area contributed by atoms with Crippen molar-refractivity contribution in [1.82, 2.24) is 4.57 Å². The maximum Gasteiger partial charge on any atom is 0.288 e. The second-order valence-electron chi connectivity index (χ2n) is 4.17. The van der Waals surface area contributed by atoms with Crippen molar-refractivity contribution in [3.8, 4) is 5.69 Å². The molecule has 0 radical (unpaired) electrons. The fraction of sp³-hybridized carbons (Fsp3) is 0.154. The summed E-state index contributed by atoms with van der Waals surface area (Å²) >= 11 is 5.90. The molecule has 0 unspecified atom stereocenters. The number of hydrogen-bond donors (Lipinski definition) is 0. The SMILES string of the molecule is Cc1cc(C=O)c(C)n1-c1ccc([N+](=O)[O-])c(Cl)c1. The van der Waals surface area contributed by atoms with Crippen molar-refractivity contribution >= 4 is 23.6 Å². The molecule has 0 aliphatic carbocycles. The number of aryl methyl sites for hydroxylation is 1. The van der Waals surface area contributed by atoms with Gasteiger partial charge in [0.25, 0.3) is 5.69 Å². The van der Waals surface area contributed by atoms with Crippen LogP contribution in [0.4, 0.5) is 5.69 Å². The Labute approximate surface area is 114 Å². The fourth-order valence-corrected chi connectivity index (χ4v) is 2.33. The second-order valence-corrected chi connectivity index (χ2v) is 4.58. The first-order chi connectivity index (χ1) is 8.95. The minimum absolute atomic E-state index is 0.0719. The molecule has 0 fully saturated rings. The molecule has 0 aliphatic rings. The average molecular weight is 279 g/mol. The third kappa shape index (κ3) is 2.24. The molecule has 19 heavy (non-hydrogen) atoms. The molecule has 0 amide bonds. The van der Waals surface area contributed by atoms with Crippen LogP contribution in [0, 0.1) is 24.0 Å². The molecule has 0 saturated carbocycles. The monoisotopic (exact) mass is 278 g/mol. The van der Waals surface area contributed by atoms with E-state index in [1.54, 1.807) is 12.1 Å². The molecule has 0 atom stereocenters. The van der Waals surface area contributed by atoms with E-state index >= 15 is 0 Å². The molecule has 98 valence electrons. The van der Waals surface area contributed by atoms with Crippen molar-refractivity contribution < 1.29 is 9.72 Å². The molecule has 0 aliphatic heterocycles. The Morgan fingerprint density at radius 3 is 2.47 bits per heavy atom. The fourth-order valence-electron chi connectivity index (χ4n) is 2.09. The van der Waals surface area contributed by atoms with Crippen molar-refractivity contribution in [3.05, 3.63) is 56.4 Å². The number of nitrogens with zero attached hydrogens (tertiary/aromatic N) is 2. The van der Waals surface area contributed by atoms with Gasteiger partial charge in [-0.3, -0.25) is 14.9 Å². The van der Waals surface area contributed by atoms with Gasteiger partial charge in [-0.25, -0.2) is 0 Å². The number of benzene rings is 1. The van der Waals surface area contributed by atoms with Crippen LogP contribution in [0.25, 0.3) is 5.69 Å². The van der Waals surface area contributed by atoms with E-state index < -0.39 is 4.92 Å². The van der Waals surface area contributed by atoms with Gasteiger partial charge < -0.3 is 4.57 Å². The van der Waals surface area contributed by atoms with Gasteiger partial charge in [0.15, 0.2) is 6.29 Å². The lowest BCUT2D eigenvalue weighted by molar-refractivity contribution is -0.384. The van der Waals surface area contributed by atoms with Crippen molar-refractivity contribution in [2.45, 2.75) is 13.8 Å². The molecule has 0 bridgehead atoms. The summed E-state index contributed by atoms with van der Waals surface area (Å²) in [5, 5.41) is 10.8. The summed E-state index contributed by atoms with van der Waals surface area (Å²) in [6.45, 7) is 3.67. The molecule has 1 aromatic carbocycles. The van der Waals surface area contributed by atoms with Crippen LogP contribution in [0.1, 0.15) is 21.7 Å². The van der Waals surface area contributed by atoms with E-state index in [1.165, 1.54) is 12.1 Å². The van der Waals surface area contributed by atoms with Crippen LogP contribution in [0.5, 0.6) is 0 Å². The zero-order valence-corrected chi connectivity index (χ0v) is 11.1. The van der Waals surface area contributed by atoms with Crippen LogP contribution in [0.2, 0.25) is 5.02 Å². The summed E-state index contributed by atoms with van der Waals surface area (Å²) in [5.74, 6) is 0. The average Bonchev–Trinajstić information content (AvgIpc) is 2.63. The lowest BCUT2D eigenvalue weighted by atomic mass is 10.2. The Morgan fingerprint density at radius 1 is 1.32 bits per heavy atom. The maximum atomic E-state index is 10.9. The van der Waals surface area contributed by atoms with Gasteiger partial charge in [-0.15, -0.1) is 0 Å². The van der Waals surface area contributed by atoms with Crippen molar-refractivity contribution in [1.29, 1.82) is 0 Å². The largest absolute Gasteiger partial charge is 0.318 e. The highest BCUT2D eigenvalue weighted by atomic mass is 35.5. The lowest BCUT2D eigenvalue weighted by Gasteiger charge is -2.09. The quantitative estimate of drug-likeness (QED) is 0.490. The number of hydrogen-bond acceptors (Lipinski definition) is 3. The van der Waals surface area contributed by atoms with Crippen molar-refractivity contribution in [2.24, 2.45) is 0 Å². The molecular weight excluding hydrogens is 268 g/mol. The van der Waals surface area contributed by atoms with E-state index in [0.717, 1.165) is 17.7 Å². The minimum atomic E-state index is -0.529. The van der Waals surface area contributed by atoms with Gasteiger partial charge in [0.2, 0.25) is 0 Å². The Kier molecular flexibility index (Phi) is 3.40. The Hall–Kier alpha value is -2.14. The molecule has 0 N–H and O–H groups in total. The van der Waals surface area contributed by atoms with Gasteiger partial charge in [-0.2, -0.15) is 0 Å². The number of aromatic nitrogens is 1. The molecule has 0 spiro atoms. The summed E-state index contributed by atoms with van der Waals surface area (Å²) in [5.41, 5.74) is 2.79. The zero-order chi connectivity index (χ0) is 14.2. The number of carbonyl (C=O) groups excluding carboxylic acids is 1. The smallest absolute Gasteiger partial charge is 0.288 e. The van der Waals surface area contributed by atoms with E-state index in [2.05, 4.69) is 0 Å². The highest BCUT2D eigenvalue weighted by Gasteiger charge is 2.15. The first-order valence-electron chi connectivity index (χ1n) is 5.54. The summed E-state index contributed by atoms with van der Waals surface area (Å²) in [6.07, 6.45) is 0.784. The van der Waals surface area contributed by atoms with Gasteiger partial charge in [0, 0.05) is 28.7 Å². The Bertz CT molecular complexity index is 677. The van der Waals surface area contributed by atoms with Crippen LogP contribution < -0.4 is 0 Å². The standard InChI is InChI=1S/C13H11ClN2O3/c1-8-5-10(7-17)9(2)15(8)11-3-4-13(16(18)19)12(14)6-11/h3-7H,1-2H3. The predicted octanol–water partition coefficient (Wildman–Crippen LogP) is 3.47. The Balaban J connectivity index is 2.60.